The van der Waals surface area contributed by atoms with Crippen LogP contribution in [0.5, 0.6) is 11.5 Å². The minimum Gasteiger partial charge on any atom is -0.485 e. The molecule has 3 rings (SSSR count). The largest absolute Gasteiger partial charge is 0.485 e. The molecule has 138 valence electrons. The first-order valence-electron chi connectivity index (χ1n) is 9.27. The highest BCUT2D eigenvalue weighted by atomic mass is 16.5. The molecule has 3 aromatic rings. The summed E-state index contributed by atoms with van der Waals surface area (Å²) in [6, 6.07) is 25.4. The molecule has 0 atom stereocenters. The van der Waals surface area contributed by atoms with Gasteiger partial charge >= 0.3 is 0 Å². The first kappa shape index (κ1) is 18.7. The van der Waals surface area contributed by atoms with Gasteiger partial charge in [0, 0.05) is 12.0 Å². The second kappa shape index (κ2) is 9.58. The van der Waals surface area contributed by atoms with Crippen molar-refractivity contribution in [3.63, 3.8) is 0 Å². The summed E-state index contributed by atoms with van der Waals surface area (Å²) in [4.78, 5) is 12.3. The summed E-state index contributed by atoms with van der Waals surface area (Å²) >= 11 is 0. The zero-order valence-electron chi connectivity index (χ0n) is 15.6. The molecule has 0 aliphatic rings. The van der Waals surface area contributed by atoms with Crippen molar-refractivity contribution in [2.24, 2.45) is 0 Å². The molecule has 0 aromatic heterocycles. The van der Waals surface area contributed by atoms with E-state index in [4.69, 9.17) is 9.47 Å². The van der Waals surface area contributed by atoms with Gasteiger partial charge in [-0.3, -0.25) is 4.79 Å². The van der Waals surface area contributed by atoms with Crippen molar-refractivity contribution in [2.75, 3.05) is 0 Å². The Bertz CT molecular complexity index is 857. The van der Waals surface area contributed by atoms with Crippen molar-refractivity contribution in [3.05, 3.63) is 95.6 Å². The highest BCUT2D eigenvalue weighted by Crippen LogP contribution is 2.30. The van der Waals surface area contributed by atoms with Gasteiger partial charge in [-0.2, -0.15) is 0 Å². The average Bonchev–Trinajstić information content (AvgIpc) is 2.72. The molecule has 0 bridgehead atoms. The topological polar surface area (TPSA) is 35.5 Å². The lowest BCUT2D eigenvalue weighted by Gasteiger charge is -2.14. The summed E-state index contributed by atoms with van der Waals surface area (Å²) in [5.41, 5.74) is 2.81. The third-order valence-corrected chi connectivity index (χ3v) is 4.22. The van der Waals surface area contributed by atoms with Gasteiger partial charge in [-0.05, 0) is 35.7 Å². The fourth-order valence-corrected chi connectivity index (χ4v) is 2.76. The zero-order chi connectivity index (χ0) is 18.9. The summed E-state index contributed by atoms with van der Waals surface area (Å²) in [5.74, 6) is 1.36. The van der Waals surface area contributed by atoms with E-state index in [-0.39, 0.29) is 5.78 Å². The van der Waals surface area contributed by atoms with Crippen molar-refractivity contribution in [3.8, 4) is 11.5 Å². The quantitative estimate of drug-likeness (QED) is 0.451. The van der Waals surface area contributed by atoms with Crippen LogP contribution in [0, 0.1) is 0 Å². The summed E-state index contributed by atoms with van der Waals surface area (Å²) in [5, 5.41) is 0. The normalized spacial score (nSPS) is 10.4. The summed E-state index contributed by atoms with van der Waals surface area (Å²) in [7, 11) is 0. The SMILES string of the molecule is CCCC(=O)c1ccc(OCc2ccccc2)c(OCc2ccccc2)c1. The van der Waals surface area contributed by atoms with Crippen LogP contribution >= 0.6 is 0 Å². The van der Waals surface area contributed by atoms with Gasteiger partial charge < -0.3 is 9.47 Å². The maximum atomic E-state index is 12.3. The molecule has 3 aromatic carbocycles. The number of carbonyl (C=O) groups excluding carboxylic acids is 1. The lowest BCUT2D eigenvalue weighted by atomic mass is 10.1. The average molecular weight is 360 g/mol. The number of benzene rings is 3. The fraction of sp³-hybridized carbons (Fsp3) is 0.208. The van der Waals surface area contributed by atoms with E-state index in [0.29, 0.717) is 36.7 Å². The van der Waals surface area contributed by atoms with Crippen molar-refractivity contribution in [1.29, 1.82) is 0 Å². The van der Waals surface area contributed by atoms with E-state index in [0.717, 1.165) is 17.5 Å². The predicted molar refractivity (Wildman–Crippen MR) is 107 cm³/mol. The molecule has 27 heavy (non-hydrogen) atoms. The number of hydrogen-bond acceptors (Lipinski definition) is 3. The molecule has 0 unspecified atom stereocenters. The minimum atomic E-state index is 0.122. The highest BCUT2D eigenvalue weighted by Gasteiger charge is 2.12. The second-order valence-electron chi connectivity index (χ2n) is 6.38. The molecular formula is C24H24O3. The Balaban J connectivity index is 1.78. The van der Waals surface area contributed by atoms with Gasteiger partial charge in [0.1, 0.15) is 13.2 Å². The Morgan fingerprint density at radius 2 is 1.30 bits per heavy atom. The fourth-order valence-electron chi connectivity index (χ4n) is 2.76. The van der Waals surface area contributed by atoms with Crippen LogP contribution in [0.25, 0.3) is 0 Å². The molecule has 0 aliphatic carbocycles. The molecule has 0 radical (unpaired) electrons. The van der Waals surface area contributed by atoms with Crippen LogP contribution in [0.4, 0.5) is 0 Å². The van der Waals surface area contributed by atoms with Crippen molar-refractivity contribution in [2.45, 2.75) is 33.0 Å². The molecule has 0 saturated carbocycles. The van der Waals surface area contributed by atoms with Gasteiger partial charge in [0.05, 0.1) is 0 Å². The summed E-state index contributed by atoms with van der Waals surface area (Å²) in [6.45, 7) is 2.88. The molecule has 3 nitrogen and oxygen atoms in total. The molecule has 0 spiro atoms. The Labute approximate surface area is 160 Å². The second-order valence-corrected chi connectivity index (χ2v) is 6.38. The zero-order valence-corrected chi connectivity index (χ0v) is 15.6. The van der Waals surface area contributed by atoms with Gasteiger partial charge in [0.2, 0.25) is 0 Å². The third kappa shape index (κ3) is 5.45. The van der Waals surface area contributed by atoms with E-state index in [2.05, 4.69) is 0 Å². The first-order valence-corrected chi connectivity index (χ1v) is 9.27. The Morgan fingerprint density at radius 3 is 1.85 bits per heavy atom. The molecule has 3 heteroatoms. The van der Waals surface area contributed by atoms with Crippen LogP contribution < -0.4 is 9.47 Å². The van der Waals surface area contributed by atoms with Crippen molar-refractivity contribution < 1.29 is 14.3 Å². The third-order valence-electron chi connectivity index (χ3n) is 4.22. The van der Waals surface area contributed by atoms with Crippen LogP contribution in [0.2, 0.25) is 0 Å². The van der Waals surface area contributed by atoms with Gasteiger partial charge in [-0.15, -0.1) is 0 Å². The molecule has 0 aliphatic heterocycles. The smallest absolute Gasteiger partial charge is 0.163 e. The Kier molecular flexibility index (Phi) is 6.64. The monoisotopic (exact) mass is 360 g/mol. The van der Waals surface area contributed by atoms with E-state index >= 15 is 0 Å². The molecular weight excluding hydrogens is 336 g/mol. The Hall–Kier alpha value is -3.07. The summed E-state index contributed by atoms with van der Waals surface area (Å²) < 4.78 is 12.0. The van der Waals surface area contributed by atoms with Crippen LogP contribution in [0.3, 0.4) is 0 Å². The van der Waals surface area contributed by atoms with Gasteiger partial charge in [-0.1, -0.05) is 67.6 Å². The molecule has 0 N–H and O–H groups in total. The van der Waals surface area contributed by atoms with Gasteiger partial charge in [0.15, 0.2) is 17.3 Å². The van der Waals surface area contributed by atoms with Crippen molar-refractivity contribution >= 4 is 5.78 Å². The number of rotatable bonds is 9. The van der Waals surface area contributed by atoms with E-state index in [9.17, 15) is 4.79 Å². The number of hydrogen-bond donors (Lipinski definition) is 0. The minimum absolute atomic E-state index is 0.122. The number of Topliss-reactive ketones (excluding diaryl/α,β-unsaturated/α-hetero) is 1. The molecule has 0 saturated heterocycles. The van der Waals surface area contributed by atoms with Crippen LogP contribution in [0.15, 0.2) is 78.9 Å². The van der Waals surface area contributed by atoms with Crippen LogP contribution in [-0.4, -0.2) is 5.78 Å². The van der Waals surface area contributed by atoms with Crippen molar-refractivity contribution in [1.82, 2.24) is 0 Å². The summed E-state index contributed by atoms with van der Waals surface area (Å²) in [6.07, 6.45) is 1.35. The molecule has 0 fully saturated rings. The maximum Gasteiger partial charge on any atom is 0.163 e. The first-order chi connectivity index (χ1) is 13.3. The van der Waals surface area contributed by atoms with E-state index in [1.807, 2.05) is 79.7 Å². The predicted octanol–water partition coefficient (Wildman–Crippen LogP) is 5.83. The highest BCUT2D eigenvalue weighted by molar-refractivity contribution is 5.96. The van der Waals surface area contributed by atoms with E-state index in [1.54, 1.807) is 6.07 Å². The number of carbonyl (C=O) groups is 1. The lowest BCUT2D eigenvalue weighted by Crippen LogP contribution is -2.03. The van der Waals surface area contributed by atoms with Gasteiger partial charge in [-0.25, -0.2) is 0 Å². The molecule has 0 heterocycles. The molecule has 0 amide bonds. The van der Waals surface area contributed by atoms with Gasteiger partial charge in [0.25, 0.3) is 0 Å². The van der Waals surface area contributed by atoms with E-state index in [1.165, 1.54) is 0 Å². The standard InChI is InChI=1S/C24H24O3/c1-2-9-22(25)21-14-15-23(26-17-19-10-5-3-6-11-19)24(16-21)27-18-20-12-7-4-8-13-20/h3-8,10-16H,2,9,17-18H2,1H3. The lowest BCUT2D eigenvalue weighted by molar-refractivity contribution is 0.0981. The van der Waals surface area contributed by atoms with Crippen LogP contribution in [0.1, 0.15) is 41.3 Å². The van der Waals surface area contributed by atoms with Crippen LogP contribution in [-0.2, 0) is 13.2 Å². The number of ether oxygens (including phenoxy) is 2. The number of ketones is 1. The Morgan fingerprint density at radius 1 is 0.741 bits per heavy atom. The van der Waals surface area contributed by atoms with E-state index < -0.39 is 0 Å². The maximum absolute atomic E-state index is 12.3.